The van der Waals surface area contributed by atoms with E-state index in [0.29, 0.717) is 17.8 Å². The number of hydrogen-bond donors (Lipinski definition) is 5. The summed E-state index contributed by atoms with van der Waals surface area (Å²) in [5.74, 6) is 4.84. The third-order valence-electron chi connectivity index (χ3n) is 3.57. The Labute approximate surface area is 145 Å². The van der Waals surface area contributed by atoms with Crippen molar-refractivity contribution >= 4 is 35.7 Å². The van der Waals surface area contributed by atoms with E-state index in [1.165, 1.54) is 16.3 Å². The molecule has 2 aromatic rings. The molecule has 0 fully saturated rings. The van der Waals surface area contributed by atoms with Crippen LogP contribution in [0.25, 0.3) is 0 Å². The number of nitrogens with one attached hydrogen (secondary N) is 1. The fourth-order valence-electron chi connectivity index (χ4n) is 2.26. The van der Waals surface area contributed by atoms with Gasteiger partial charge in [0.15, 0.2) is 0 Å². The molecule has 0 aliphatic rings. The van der Waals surface area contributed by atoms with Crippen molar-refractivity contribution in [1.82, 2.24) is 5.32 Å². The monoisotopic (exact) mass is 348 g/mol. The minimum atomic E-state index is -1.63. The normalized spacial score (nSPS) is 11.8. The third-order valence-corrected chi connectivity index (χ3v) is 4.30. The summed E-state index contributed by atoms with van der Waals surface area (Å²) in [7, 11) is -1.63. The Morgan fingerprint density at radius 1 is 1.33 bits per heavy atom. The van der Waals surface area contributed by atoms with Gasteiger partial charge in [-0.25, -0.2) is 5.84 Å². The Morgan fingerprint density at radius 3 is 2.71 bits per heavy atom. The van der Waals surface area contributed by atoms with Crippen LogP contribution in [0.2, 0.25) is 0 Å². The number of hydrazine groups is 1. The number of hydrogen-bond acceptors (Lipinski definition) is 7. The zero-order valence-corrected chi connectivity index (χ0v) is 13.9. The van der Waals surface area contributed by atoms with Crippen molar-refractivity contribution < 1.29 is 14.8 Å². The van der Waals surface area contributed by atoms with Crippen LogP contribution in [0.1, 0.15) is 12.0 Å². The molecular weight excluding hydrogens is 327 g/mol. The van der Waals surface area contributed by atoms with Gasteiger partial charge in [-0.2, -0.15) is 11.3 Å². The molecule has 7 N–H and O–H groups in total. The first-order chi connectivity index (χ1) is 11.5. The maximum atomic E-state index is 12.1. The summed E-state index contributed by atoms with van der Waals surface area (Å²) in [6.07, 6.45) is 0.461. The van der Waals surface area contributed by atoms with Crippen LogP contribution in [-0.4, -0.2) is 35.6 Å². The maximum absolute atomic E-state index is 12.1. The Balaban J connectivity index is 1.86. The molecule has 0 saturated carbocycles. The van der Waals surface area contributed by atoms with Gasteiger partial charge in [0.25, 0.3) is 0 Å². The maximum Gasteiger partial charge on any atom is 0.475 e. The van der Waals surface area contributed by atoms with Crippen molar-refractivity contribution in [3.8, 4) is 0 Å². The number of amides is 1. The summed E-state index contributed by atoms with van der Waals surface area (Å²) in [6.45, 7) is 0.257. The molecule has 24 heavy (non-hydrogen) atoms. The number of nitrogens with two attached hydrogens (primary N) is 2. The molecule has 0 aliphatic heterocycles. The zero-order valence-electron chi connectivity index (χ0n) is 13.1. The van der Waals surface area contributed by atoms with Crippen LogP contribution in [0, 0.1) is 0 Å². The van der Waals surface area contributed by atoms with Crippen molar-refractivity contribution in [2.24, 2.45) is 5.84 Å². The van der Waals surface area contributed by atoms with Crippen LogP contribution >= 0.6 is 11.3 Å². The molecule has 1 aromatic carbocycles. The molecular formula is C15H21BN4O3S. The zero-order chi connectivity index (χ0) is 17.5. The van der Waals surface area contributed by atoms with Crippen molar-refractivity contribution in [3.63, 3.8) is 0 Å². The van der Waals surface area contributed by atoms with E-state index in [1.54, 1.807) is 18.2 Å². The topological polar surface area (TPSA) is 125 Å². The molecule has 1 heterocycles. The van der Waals surface area contributed by atoms with Gasteiger partial charge in [0, 0.05) is 13.0 Å². The largest absolute Gasteiger partial charge is 0.475 e. The van der Waals surface area contributed by atoms with Gasteiger partial charge in [-0.3, -0.25) is 4.79 Å². The average molecular weight is 348 g/mol. The van der Waals surface area contributed by atoms with Gasteiger partial charge in [0.2, 0.25) is 5.91 Å². The fraction of sp³-hybridized carbons (Fsp3) is 0.267. The molecule has 0 unspecified atom stereocenters. The van der Waals surface area contributed by atoms with Gasteiger partial charge in [-0.05, 0) is 40.9 Å². The van der Waals surface area contributed by atoms with Crippen molar-refractivity contribution in [2.45, 2.75) is 18.8 Å². The quantitative estimate of drug-likeness (QED) is 0.200. The molecule has 1 amide bonds. The van der Waals surface area contributed by atoms with Crippen LogP contribution in [0.4, 0.5) is 11.4 Å². The predicted molar refractivity (Wildman–Crippen MR) is 97.2 cm³/mol. The van der Waals surface area contributed by atoms with Gasteiger partial charge in [-0.15, -0.1) is 0 Å². The smallest absolute Gasteiger partial charge is 0.426 e. The van der Waals surface area contributed by atoms with Gasteiger partial charge in [-0.1, -0.05) is 12.1 Å². The highest BCUT2D eigenvalue weighted by Gasteiger charge is 2.25. The summed E-state index contributed by atoms with van der Waals surface area (Å²) in [5, 5.41) is 26.7. The Kier molecular flexibility index (Phi) is 6.62. The van der Waals surface area contributed by atoms with E-state index in [4.69, 9.17) is 11.6 Å². The van der Waals surface area contributed by atoms with Crippen molar-refractivity contribution in [1.29, 1.82) is 0 Å². The summed E-state index contributed by atoms with van der Waals surface area (Å²) >= 11 is 1.51. The average Bonchev–Trinajstić information content (AvgIpc) is 3.05. The second kappa shape index (κ2) is 8.69. The number of anilines is 2. The number of nitrogen functional groups attached to an aromatic ring is 1. The van der Waals surface area contributed by atoms with E-state index >= 15 is 0 Å². The molecule has 0 spiro atoms. The molecule has 9 heteroatoms. The first-order valence-electron chi connectivity index (χ1n) is 7.50. The molecule has 7 nitrogen and oxygen atoms in total. The van der Waals surface area contributed by atoms with E-state index in [0.717, 1.165) is 5.56 Å². The SMILES string of the molecule is Nc1ccccc1N(N)CCC(=O)N[C@@H](Cc1ccsc1)B(O)O. The molecule has 1 atom stereocenters. The fourth-order valence-corrected chi connectivity index (χ4v) is 2.95. The van der Waals surface area contributed by atoms with Crippen LogP contribution in [0.15, 0.2) is 41.1 Å². The molecule has 128 valence electrons. The minimum absolute atomic E-state index is 0.109. The van der Waals surface area contributed by atoms with E-state index in [1.807, 2.05) is 22.9 Å². The standard InChI is InChI=1S/C15H21BN4O3S/c17-12-3-1-2-4-13(12)20(18)7-5-15(21)19-14(16(22)23)9-11-6-8-24-10-11/h1-4,6,8,10,14,22-23H,5,7,9,17-18H2,(H,19,21)/t14-/m0/s1. The molecule has 0 aliphatic carbocycles. The first-order valence-corrected chi connectivity index (χ1v) is 8.45. The number of para-hydroxylation sites is 2. The Hall–Kier alpha value is -2.07. The number of carbonyl (C=O) groups excluding carboxylic acids is 1. The number of benzene rings is 1. The number of nitrogens with zero attached hydrogens (tertiary/aromatic N) is 1. The summed E-state index contributed by atoms with van der Waals surface area (Å²) in [4.78, 5) is 12.1. The lowest BCUT2D eigenvalue weighted by molar-refractivity contribution is -0.121. The van der Waals surface area contributed by atoms with E-state index in [9.17, 15) is 14.8 Å². The molecule has 2 rings (SSSR count). The van der Waals surface area contributed by atoms with Crippen molar-refractivity contribution in [3.05, 3.63) is 46.7 Å². The molecule has 0 radical (unpaired) electrons. The Bertz CT molecular complexity index is 654. The van der Waals surface area contributed by atoms with Crippen LogP contribution in [0.5, 0.6) is 0 Å². The lowest BCUT2D eigenvalue weighted by Gasteiger charge is -2.21. The van der Waals surface area contributed by atoms with Crippen LogP contribution in [-0.2, 0) is 11.2 Å². The highest BCUT2D eigenvalue weighted by Crippen LogP contribution is 2.19. The van der Waals surface area contributed by atoms with Crippen LogP contribution in [0.3, 0.4) is 0 Å². The highest BCUT2D eigenvalue weighted by molar-refractivity contribution is 7.07. The van der Waals surface area contributed by atoms with Gasteiger partial charge >= 0.3 is 7.12 Å². The van der Waals surface area contributed by atoms with E-state index in [-0.39, 0.29) is 18.9 Å². The number of rotatable bonds is 8. The minimum Gasteiger partial charge on any atom is -0.426 e. The highest BCUT2D eigenvalue weighted by atomic mass is 32.1. The number of thiophene rings is 1. The number of carbonyl (C=O) groups is 1. The summed E-state index contributed by atoms with van der Waals surface area (Å²) in [5.41, 5.74) is 7.95. The van der Waals surface area contributed by atoms with Gasteiger partial charge in [0.05, 0.1) is 17.3 Å². The molecule has 0 saturated heterocycles. The van der Waals surface area contributed by atoms with Crippen LogP contribution < -0.4 is 21.9 Å². The first kappa shape index (κ1) is 18.3. The third kappa shape index (κ3) is 5.24. The second-order valence-electron chi connectivity index (χ2n) is 5.43. The lowest BCUT2D eigenvalue weighted by atomic mass is 9.76. The summed E-state index contributed by atoms with van der Waals surface area (Å²) < 4.78 is 0. The van der Waals surface area contributed by atoms with Crippen molar-refractivity contribution in [2.75, 3.05) is 17.3 Å². The second-order valence-corrected chi connectivity index (χ2v) is 6.21. The molecule has 0 bridgehead atoms. The lowest BCUT2D eigenvalue weighted by Crippen LogP contribution is -2.48. The Morgan fingerprint density at radius 2 is 2.08 bits per heavy atom. The van der Waals surface area contributed by atoms with Gasteiger partial charge in [0.1, 0.15) is 0 Å². The van der Waals surface area contributed by atoms with E-state index < -0.39 is 13.1 Å². The van der Waals surface area contributed by atoms with E-state index in [2.05, 4.69) is 5.32 Å². The molecule has 1 aromatic heterocycles. The summed E-state index contributed by atoms with van der Waals surface area (Å²) in [6, 6.07) is 8.99. The predicted octanol–water partition coefficient (Wildman–Crippen LogP) is 0.140. The van der Waals surface area contributed by atoms with Gasteiger partial charge < -0.3 is 26.1 Å².